The lowest BCUT2D eigenvalue weighted by Gasteiger charge is -2.38. The van der Waals surface area contributed by atoms with Crippen LogP contribution in [0.3, 0.4) is 0 Å². The third kappa shape index (κ3) is 2.97. The fraction of sp³-hybridized carbons (Fsp3) is 0.318. The maximum atomic E-state index is 13.2. The van der Waals surface area contributed by atoms with E-state index in [0.717, 1.165) is 19.5 Å². The zero-order chi connectivity index (χ0) is 19.3. The fourth-order valence-electron chi connectivity index (χ4n) is 4.29. The summed E-state index contributed by atoms with van der Waals surface area (Å²) < 4.78 is 1.49. The molecular formula is C22H22N4OS. The Labute approximate surface area is 168 Å². The van der Waals surface area contributed by atoms with E-state index in [1.807, 2.05) is 6.92 Å². The molecule has 5 nitrogen and oxygen atoms in total. The molecule has 142 valence electrons. The van der Waals surface area contributed by atoms with Crippen LogP contribution in [0.1, 0.15) is 38.9 Å². The van der Waals surface area contributed by atoms with Crippen molar-refractivity contribution in [3.8, 4) is 0 Å². The number of thioether (sulfide) groups is 1. The van der Waals surface area contributed by atoms with E-state index in [9.17, 15) is 4.79 Å². The van der Waals surface area contributed by atoms with Crippen molar-refractivity contribution < 1.29 is 4.79 Å². The predicted molar refractivity (Wildman–Crippen MR) is 110 cm³/mol. The van der Waals surface area contributed by atoms with Gasteiger partial charge in [-0.2, -0.15) is 4.68 Å². The average Bonchev–Trinajstić information content (AvgIpc) is 3.20. The molecule has 2 atom stereocenters. The SMILES string of the molecule is Cc1cccc(C(C2Sc3nc(C)nn3C2=O)N2CCc3ccccc3C2)c1. The molecule has 3 heterocycles. The Hall–Kier alpha value is -2.44. The van der Waals surface area contributed by atoms with E-state index in [0.29, 0.717) is 11.0 Å². The van der Waals surface area contributed by atoms with Crippen LogP contribution in [-0.4, -0.2) is 37.4 Å². The average molecular weight is 391 g/mol. The van der Waals surface area contributed by atoms with Gasteiger partial charge in [0.05, 0.1) is 6.04 Å². The summed E-state index contributed by atoms with van der Waals surface area (Å²) in [6.07, 6.45) is 1.01. The Morgan fingerprint density at radius 1 is 1.11 bits per heavy atom. The largest absolute Gasteiger partial charge is 0.290 e. The second-order valence-electron chi connectivity index (χ2n) is 7.58. The first kappa shape index (κ1) is 17.6. The van der Waals surface area contributed by atoms with Gasteiger partial charge in [0, 0.05) is 13.1 Å². The highest BCUT2D eigenvalue weighted by Crippen LogP contribution is 2.42. The van der Waals surface area contributed by atoms with Gasteiger partial charge in [0.25, 0.3) is 5.91 Å². The second-order valence-corrected chi connectivity index (χ2v) is 8.69. The third-order valence-corrected chi connectivity index (χ3v) is 6.78. The molecule has 5 rings (SSSR count). The first-order valence-electron chi connectivity index (χ1n) is 9.62. The first-order valence-corrected chi connectivity index (χ1v) is 10.5. The summed E-state index contributed by atoms with van der Waals surface area (Å²) in [7, 11) is 0. The Kier molecular flexibility index (Phi) is 4.33. The molecule has 0 saturated heterocycles. The molecule has 0 radical (unpaired) electrons. The van der Waals surface area contributed by atoms with Crippen LogP contribution in [0.25, 0.3) is 0 Å². The van der Waals surface area contributed by atoms with Crippen LogP contribution >= 0.6 is 11.8 Å². The van der Waals surface area contributed by atoms with Crippen LogP contribution < -0.4 is 0 Å². The highest BCUT2D eigenvalue weighted by atomic mass is 32.2. The van der Waals surface area contributed by atoms with Gasteiger partial charge < -0.3 is 0 Å². The van der Waals surface area contributed by atoms with E-state index in [-0.39, 0.29) is 17.2 Å². The van der Waals surface area contributed by atoms with Crippen molar-refractivity contribution in [3.63, 3.8) is 0 Å². The van der Waals surface area contributed by atoms with Crippen molar-refractivity contribution in [2.75, 3.05) is 6.54 Å². The van der Waals surface area contributed by atoms with E-state index in [2.05, 4.69) is 70.4 Å². The Morgan fingerprint density at radius 3 is 2.71 bits per heavy atom. The van der Waals surface area contributed by atoms with E-state index < -0.39 is 0 Å². The molecular weight excluding hydrogens is 368 g/mol. The van der Waals surface area contributed by atoms with Crippen molar-refractivity contribution in [3.05, 3.63) is 76.6 Å². The van der Waals surface area contributed by atoms with Gasteiger partial charge in [-0.25, -0.2) is 4.98 Å². The van der Waals surface area contributed by atoms with Crippen LogP contribution in [-0.2, 0) is 13.0 Å². The maximum Gasteiger partial charge on any atom is 0.264 e. The lowest BCUT2D eigenvalue weighted by Crippen LogP contribution is -2.41. The third-order valence-electron chi connectivity index (χ3n) is 5.59. The van der Waals surface area contributed by atoms with Gasteiger partial charge in [-0.05, 0) is 37.0 Å². The molecule has 2 aliphatic heterocycles. The number of carbonyl (C=O) groups excluding carboxylic acids is 1. The molecule has 0 amide bonds. The number of benzene rings is 2. The highest BCUT2D eigenvalue weighted by Gasteiger charge is 2.43. The number of fused-ring (bicyclic) bond motifs is 2. The van der Waals surface area contributed by atoms with Crippen LogP contribution in [0.15, 0.2) is 53.7 Å². The molecule has 0 saturated carbocycles. The minimum atomic E-state index is -0.234. The summed E-state index contributed by atoms with van der Waals surface area (Å²) in [5.41, 5.74) is 5.17. The summed E-state index contributed by atoms with van der Waals surface area (Å²) in [6.45, 7) is 5.72. The molecule has 2 unspecified atom stereocenters. The number of hydrogen-bond donors (Lipinski definition) is 0. The minimum absolute atomic E-state index is 0.00503. The normalized spacial score (nSPS) is 20.1. The molecule has 1 aromatic heterocycles. The molecule has 0 aliphatic carbocycles. The van der Waals surface area contributed by atoms with Gasteiger partial charge >= 0.3 is 0 Å². The number of carbonyl (C=O) groups is 1. The van der Waals surface area contributed by atoms with Crippen molar-refractivity contribution in [1.29, 1.82) is 0 Å². The monoisotopic (exact) mass is 390 g/mol. The van der Waals surface area contributed by atoms with Crippen molar-refractivity contribution in [1.82, 2.24) is 19.7 Å². The number of hydrogen-bond acceptors (Lipinski definition) is 5. The topological polar surface area (TPSA) is 51.0 Å². The van der Waals surface area contributed by atoms with Crippen LogP contribution in [0.4, 0.5) is 0 Å². The van der Waals surface area contributed by atoms with Crippen LogP contribution in [0, 0.1) is 13.8 Å². The smallest absolute Gasteiger partial charge is 0.264 e. The van der Waals surface area contributed by atoms with Gasteiger partial charge in [0.2, 0.25) is 0 Å². The van der Waals surface area contributed by atoms with Gasteiger partial charge in [-0.1, -0.05) is 65.9 Å². The number of rotatable bonds is 3. The molecule has 6 heteroatoms. The molecule has 28 heavy (non-hydrogen) atoms. The molecule has 0 N–H and O–H groups in total. The van der Waals surface area contributed by atoms with E-state index in [4.69, 9.17) is 0 Å². The second kappa shape index (κ2) is 6.87. The minimum Gasteiger partial charge on any atom is -0.290 e. The van der Waals surface area contributed by atoms with Crippen LogP contribution in [0.5, 0.6) is 0 Å². The molecule has 0 bridgehead atoms. The first-order chi connectivity index (χ1) is 13.6. The van der Waals surface area contributed by atoms with Gasteiger partial charge in [-0.15, -0.1) is 5.10 Å². The summed E-state index contributed by atoms with van der Waals surface area (Å²) in [5.74, 6) is 0.680. The summed E-state index contributed by atoms with van der Waals surface area (Å²) >= 11 is 1.55. The number of aromatic nitrogens is 3. The van der Waals surface area contributed by atoms with E-state index >= 15 is 0 Å². The van der Waals surface area contributed by atoms with Gasteiger partial charge in [-0.3, -0.25) is 9.69 Å². The van der Waals surface area contributed by atoms with Gasteiger partial charge in [0.15, 0.2) is 5.16 Å². The standard InChI is InChI=1S/C22H22N4OS/c1-14-6-5-9-17(12-14)19(20-21(27)26-22(28-20)23-15(2)24-26)25-11-10-16-7-3-4-8-18(16)13-25/h3-9,12,19-20H,10-11,13H2,1-2H3. The van der Waals surface area contributed by atoms with Crippen molar-refractivity contribution in [2.45, 2.75) is 43.3 Å². The molecule has 0 fully saturated rings. The Balaban J connectivity index is 1.53. The number of nitrogens with zero attached hydrogens (tertiary/aromatic N) is 4. The highest BCUT2D eigenvalue weighted by molar-refractivity contribution is 8.00. The van der Waals surface area contributed by atoms with E-state index in [1.165, 1.54) is 26.9 Å². The quantitative estimate of drug-likeness (QED) is 0.681. The van der Waals surface area contributed by atoms with Gasteiger partial charge in [0.1, 0.15) is 11.1 Å². The van der Waals surface area contributed by atoms with Crippen LogP contribution in [0.2, 0.25) is 0 Å². The zero-order valence-corrected chi connectivity index (χ0v) is 16.8. The molecule has 0 spiro atoms. The lowest BCUT2D eigenvalue weighted by atomic mass is 9.94. The molecule has 3 aromatic rings. The predicted octanol–water partition coefficient (Wildman–Crippen LogP) is 3.81. The summed E-state index contributed by atoms with van der Waals surface area (Å²) in [4.78, 5) is 20.1. The lowest BCUT2D eigenvalue weighted by molar-refractivity contribution is 0.0824. The van der Waals surface area contributed by atoms with Crippen molar-refractivity contribution >= 4 is 17.7 Å². The Bertz CT molecular complexity index is 1060. The molecule has 2 aromatic carbocycles. The van der Waals surface area contributed by atoms with E-state index in [1.54, 1.807) is 11.8 Å². The Morgan fingerprint density at radius 2 is 1.93 bits per heavy atom. The maximum absolute atomic E-state index is 13.2. The van der Waals surface area contributed by atoms with Crippen molar-refractivity contribution in [2.24, 2.45) is 0 Å². The summed E-state index contributed by atoms with van der Waals surface area (Å²) in [5, 5.41) is 4.79. The number of aryl methyl sites for hydroxylation is 2. The fourth-order valence-corrected chi connectivity index (χ4v) is 5.59. The summed E-state index contributed by atoms with van der Waals surface area (Å²) in [6, 6.07) is 17.2. The molecule has 2 aliphatic rings. The zero-order valence-electron chi connectivity index (χ0n) is 16.0.